The standard InChI is InChI=1S/C12H13N3O/c1-15-9-10(8-14-15)2-3-12(16)11-4-6-13-7-5-11/h4-9H,2-3H2,1H3. The van der Waals surface area contributed by atoms with Crippen LogP contribution in [0.2, 0.25) is 0 Å². The molecule has 0 saturated carbocycles. The molecular weight excluding hydrogens is 202 g/mol. The van der Waals surface area contributed by atoms with Crippen molar-refractivity contribution in [2.75, 3.05) is 0 Å². The number of aryl methyl sites for hydroxylation is 2. The number of carbonyl (C=O) groups is 1. The Morgan fingerprint density at radius 3 is 2.75 bits per heavy atom. The van der Waals surface area contributed by atoms with Gasteiger partial charge in [-0.15, -0.1) is 0 Å². The number of hydrogen-bond donors (Lipinski definition) is 0. The Morgan fingerprint density at radius 2 is 2.12 bits per heavy atom. The van der Waals surface area contributed by atoms with Gasteiger partial charge in [0.05, 0.1) is 6.20 Å². The fraction of sp³-hybridized carbons (Fsp3) is 0.250. The van der Waals surface area contributed by atoms with Crippen molar-refractivity contribution in [3.8, 4) is 0 Å². The molecule has 0 amide bonds. The van der Waals surface area contributed by atoms with Gasteiger partial charge in [-0.25, -0.2) is 0 Å². The van der Waals surface area contributed by atoms with Crippen molar-refractivity contribution in [1.82, 2.24) is 14.8 Å². The summed E-state index contributed by atoms with van der Waals surface area (Å²) in [6.45, 7) is 0. The molecule has 0 fully saturated rings. The maximum Gasteiger partial charge on any atom is 0.163 e. The molecule has 2 heterocycles. The lowest BCUT2D eigenvalue weighted by molar-refractivity contribution is 0.0982. The largest absolute Gasteiger partial charge is 0.294 e. The van der Waals surface area contributed by atoms with E-state index in [4.69, 9.17) is 0 Å². The van der Waals surface area contributed by atoms with Crippen LogP contribution < -0.4 is 0 Å². The molecule has 0 aliphatic heterocycles. The highest BCUT2D eigenvalue weighted by Crippen LogP contribution is 2.06. The van der Waals surface area contributed by atoms with E-state index in [0.29, 0.717) is 6.42 Å². The quantitative estimate of drug-likeness (QED) is 0.728. The summed E-state index contributed by atoms with van der Waals surface area (Å²) in [5.41, 5.74) is 1.81. The van der Waals surface area contributed by atoms with Crippen molar-refractivity contribution in [3.63, 3.8) is 0 Å². The Morgan fingerprint density at radius 1 is 1.38 bits per heavy atom. The van der Waals surface area contributed by atoms with Gasteiger partial charge in [0.15, 0.2) is 5.78 Å². The van der Waals surface area contributed by atoms with Crippen molar-refractivity contribution >= 4 is 5.78 Å². The minimum Gasteiger partial charge on any atom is -0.294 e. The second-order valence-corrected chi connectivity index (χ2v) is 3.68. The first-order valence-corrected chi connectivity index (χ1v) is 5.16. The maximum atomic E-state index is 11.8. The molecule has 2 aromatic rings. The normalized spacial score (nSPS) is 10.3. The first kappa shape index (κ1) is 10.5. The zero-order valence-corrected chi connectivity index (χ0v) is 9.13. The minimum absolute atomic E-state index is 0.145. The molecule has 82 valence electrons. The molecule has 4 nitrogen and oxygen atoms in total. The van der Waals surface area contributed by atoms with E-state index in [1.54, 1.807) is 35.4 Å². The van der Waals surface area contributed by atoms with Gasteiger partial charge in [0.25, 0.3) is 0 Å². The molecule has 0 saturated heterocycles. The molecular formula is C12H13N3O. The zero-order valence-electron chi connectivity index (χ0n) is 9.13. The van der Waals surface area contributed by atoms with Crippen molar-refractivity contribution in [2.24, 2.45) is 7.05 Å². The first-order valence-electron chi connectivity index (χ1n) is 5.16. The van der Waals surface area contributed by atoms with E-state index in [1.165, 1.54) is 0 Å². The van der Waals surface area contributed by atoms with E-state index in [2.05, 4.69) is 10.1 Å². The lowest BCUT2D eigenvalue weighted by Gasteiger charge is -1.98. The smallest absolute Gasteiger partial charge is 0.163 e. The Balaban J connectivity index is 1.94. The van der Waals surface area contributed by atoms with Crippen LogP contribution >= 0.6 is 0 Å². The van der Waals surface area contributed by atoms with Crippen molar-refractivity contribution in [1.29, 1.82) is 0 Å². The molecule has 0 N–H and O–H groups in total. The predicted octanol–water partition coefficient (Wildman–Crippen LogP) is 1.63. The highest BCUT2D eigenvalue weighted by molar-refractivity contribution is 5.95. The van der Waals surface area contributed by atoms with Gasteiger partial charge in [-0.05, 0) is 24.1 Å². The number of aromatic nitrogens is 3. The molecule has 4 heteroatoms. The van der Waals surface area contributed by atoms with E-state index in [9.17, 15) is 4.79 Å². The molecule has 0 atom stereocenters. The van der Waals surface area contributed by atoms with Gasteiger partial charge < -0.3 is 0 Å². The average Bonchev–Trinajstić information content (AvgIpc) is 2.73. The monoisotopic (exact) mass is 215 g/mol. The Kier molecular flexibility index (Phi) is 3.10. The highest BCUT2D eigenvalue weighted by Gasteiger charge is 2.06. The molecule has 0 aliphatic carbocycles. The van der Waals surface area contributed by atoms with Gasteiger partial charge in [0.1, 0.15) is 0 Å². The second-order valence-electron chi connectivity index (χ2n) is 3.68. The molecule has 0 spiro atoms. The van der Waals surface area contributed by atoms with Gasteiger partial charge >= 0.3 is 0 Å². The number of hydrogen-bond acceptors (Lipinski definition) is 3. The summed E-state index contributed by atoms with van der Waals surface area (Å²) in [5.74, 6) is 0.145. The number of carbonyl (C=O) groups excluding carboxylic acids is 1. The summed E-state index contributed by atoms with van der Waals surface area (Å²) in [6.07, 6.45) is 8.24. The lowest BCUT2D eigenvalue weighted by Crippen LogP contribution is -2.00. The van der Waals surface area contributed by atoms with Gasteiger partial charge in [-0.2, -0.15) is 5.10 Å². The summed E-state index contributed by atoms with van der Waals surface area (Å²) in [5, 5.41) is 4.06. The number of nitrogens with zero attached hydrogens (tertiary/aromatic N) is 3. The van der Waals surface area contributed by atoms with Gasteiger partial charge in [0, 0.05) is 37.6 Å². The first-order chi connectivity index (χ1) is 7.75. The van der Waals surface area contributed by atoms with Crippen LogP contribution in [-0.2, 0) is 13.5 Å². The van der Waals surface area contributed by atoms with Crippen LogP contribution in [0.25, 0.3) is 0 Å². The van der Waals surface area contributed by atoms with Crippen molar-refractivity contribution in [2.45, 2.75) is 12.8 Å². The third kappa shape index (κ3) is 2.53. The van der Waals surface area contributed by atoms with Gasteiger partial charge in [0.2, 0.25) is 0 Å². The van der Waals surface area contributed by atoms with Crippen LogP contribution in [-0.4, -0.2) is 20.5 Å². The fourth-order valence-corrected chi connectivity index (χ4v) is 1.54. The fourth-order valence-electron chi connectivity index (χ4n) is 1.54. The third-order valence-electron chi connectivity index (χ3n) is 2.40. The van der Waals surface area contributed by atoms with Gasteiger partial charge in [-0.3, -0.25) is 14.5 Å². The molecule has 0 bridgehead atoms. The molecule has 16 heavy (non-hydrogen) atoms. The number of pyridine rings is 1. The lowest BCUT2D eigenvalue weighted by atomic mass is 10.1. The maximum absolute atomic E-state index is 11.8. The van der Waals surface area contributed by atoms with Crippen LogP contribution in [0.5, 0.6) is 0 Å². The molecule has 2 rings (SSSR count). The molecule has 0 aliphatic rings. The minimum atomic E-state index is 0.145. The molecule has 2 aromatic heterocycles. The average molecular weight is 215 g/mol. The van der Waals surface area contributed by atoms with E-state index < -0.39 is 0 Å². The van der Waals surface area contributed by atoms with Gasteiger partial charge in [-0.1, -0.05) is 0 Å². The van der Waals surface area contributed by atoms with Crippen LogP contribution in [0.15, 0.2) is 36.9 Å². The van der Waals surface area contributed by atoms with E-state index >= 15 is 0 Å². The summed E-state index contributed by atoms with van der Waals surface area (Å²) < 4.78 is 1.74. The van der Waals surface area contributed by atoms with Crippen molar-refractivity contribution < 1.29 is 4.79 Å². The summed E-state index contributed by atoms with van der Waals surface area (Å²) in [4.78, 5) is 15.7. The SMILES string of the molecule is Cn1cc(CCC(=O)c2ccncc2)cn1. The highest BCUT2D eigenvalue weighted by atomic mass is 16.1. The second kappa shape index (κ2) is 4.70. The summed E-state index contributed by atoms with van der Waals surface area (Å²) in [7, 11) is 1.87. The molecule has 0 unspecified atom stereocenters. The van der Waals surface area contributed by atoms with Crippen LogP contribution in [0.4, 0.5) is 0 Å². The molecule has 0 aromatic carbocycles. The van der Waals surface area contributed by atoms with Crippen LogP contribution in [0.1, 0.15) is 22.3 Å². The summed E-state index contributed by atoms with van der Waals surface area (Å²) in [6, 6.07) is 3.48. The molecule has 0 radical (unpaired) electrons. The van der Waals surface area contributed by atoms with Crippen LogP contribution in [0, 0.1) is 0 Å². The van der Waals surface area contributed by atoms with E-state index in [-0.39, 0.29) is 5.78 Å². The third-order valence-corrected chi connectivity index (χ3v) is 2.40. The number of rotatable bonds is 4. The summed E-state index contributed by atoms with van der Waals surface area (Å²) >= 11 is 0. The topological polar surface area (TPSA) is 47.8 Å². The number of ketones is 1. The zero-order chi connectivity index (χ0) is 11.4. The predicted molar refractivity (Wildman–Crippen MR) is 60.1 cm³/mol. The van der Waals surface area contributed by atoms with Crippen molar-refractivity contribution in [3.05, 3.63) is 48.0 Å². The Hall–Kier alpha value is -1.97. The van der Waals surface area contributed by atoms with E-state index in [1.807, 2.05) is 13.2 Å². The Bertz CT molecular complexity index is 476. The number of Topliss-reactive ketones (excluding diaryl/α,β-unsaturated/α-hetero) is 1. The van der Waals surface area contributed by atoms with Crippen LogP contribution in [0.3, 0.4) is 0 Å². The Labute approximate surface area is 93.9 Å². The van der Waals surface area contributed by atoms with E-state index in [0.717, 1.165) is 17.5 Å².